The Bertz CT molecular complexity index is 960. The number of hydrogen-bond donors (Lipinski definition) is 1. The van der Waals surface area contributed by atoms with Crippen molar-refractivity contribution < 1.29 is 17.9 Å². The fourth-order valence-electron chi connectivity index (χ4n) is 2.99. The van der Waals surface area contributed by atoms with E-state index in [9.17, 15) is 8.42 Å². The predicted octanol–water partition coefficient (Wildman–Crippen LogP) is 3.32. The summed E-state index contributed by atoms with van der Waals surface area (Å²) in [5.41, 5.74) is 2.06. The second-order valence-corrected chi connectivity index (χ2v) is 8.86. The van der Waals surface area contributed by atoms with E-state index in [1.807, 2.05) is 21.0 Å². The van der Waals surface area contributed by atoms with E-state index in [4.69, 9.17) is 21.1 Å². The van der Waals surface area contributed by atoms with E-state index in [1.165, 1.54) is 12.1 Å². The largest absolute Gasteiger partial charge is 0.496 e. The number of methoxy groups -OCH3 is 1. The van der Waals surface area contributed by atoms with Gasteiger partial charge in [0.1, 0.15) is 18.1 Å². The Balaban J connectivity index is 1.98. The molecule has 3 rings (SSSR count). The first kappa shape index (κ1) is 19.8. The minimum atomic E-state index is -3.80. The van der Waals surface area contributed by atoms with Crippen LogP contribution in [0.4, 0.5) is 5.69 Å². The SMILES string of the molecule is COc1ccc(NS(=O)(=O)c2ccc(C)c(Cl)c2)c2c1C[C@@H](N(C)C)CO2. The van der Waals surface area contributed by atoms with Crippen LogP contribution in [0.25, 0.3) is 0 Å². The van der Waals surface area contributed by atoms with Crippen LogP contribution in [0, 0.1) is 6.92 Å². The van der Waals surface area contributed by atoms with Crippen molar-refractivity contribution in [2.24, 2.45) is 0 Å². The number of sulfonamides is 1. The van der Waals surface area contributed by atoms with Gasteiger partial charge in [0.15, 0.2) is 0 Å². The first-order valence-corrected chi connectivity index (χ1v) is 10.4. The van der Waals surface area contributed by atoms with Crippen LogP contribution in [0.3, 0.4) is 0 Å². The van der Waals surface area contributed by atoms with Crippen molar-refractivity contribution in [1.29, 1.82) is 0 Å². The number of likely N-dealkylation sites (N-methyl/N-ethyl adjacent to an activating group) is 1. The Hall–Kier alpha value is -1.96. The number of rotatable bonds is 5. The van der Waals surface area contributed by atoms with E-state index in [-0.39, 0.29) is 10.9 Å². The Morgan fingerprint density at radius 3 is 2.63 bits per heavy atom. The van der Waals surface area contributed by atoms with E-state index >= 15 is 0 Å². The number of anilines is 1. The molecule has 27 heavy (non-hydrogen) atoms. The average molecular weight is 411 g/mol. The van der Waals surface area contributed by atoms with E-state index < -0.39 is 10.0 Å². The number of nitrogens with zero attached hydrogens (tertiary/aromatic N) is 1. The van der Waals surface area contributed by atoms with Crippen molar-refractivity contribution >= 4 is 27.3 Å². The number of hydrogen-bond acceptors (Lipinski definition) is 5. The van der Waals surface area contributed by atoms with Gasteiger partial charge in [-0.3, -0.25) is 4.72 Å². The van der Waals surface area contributed by atoms with Gasteiger partial charge >= 0.3 is 0 Å². The van der Waals surface area contributed by atoms with Crippen LogP contribution in [0.2, 0.25) is 5.02 Å². The molecule has 1 aliphatic rings. The quantitative estimate of drug-likeness (QED) is 0.818. The van der Waals surface area contributed by atoms with Crippen molar-refractivity contribution in [2.75, 3.05) is 32.5 Å². The van der Waals surface area contributed by atoms with Crippen molar-refractivity contribution in [2.45, 2.75) is 24.3 Å². The first-order valence-electron chi connectivity index (χ1n) is 8.51. The fourth-order valence-corrected chi connectivity index (χ4v) is 4.32. The minimum Gasteiger partial charge on any atom is -0.496 e. The minimum absolute atomic E-state index is 0.102. The molecule has 0 spiro atoms. The molecule has 0 fully saturated rings. The summed E-state index contributed by atoms with van der Waals surface area (Å²) in [6, 6.07) is 8.24. The Kier molecular flexibility index (Phi) is 5.55. The lowest BCUT2D eigenvalue weighted by molar-refractivity contribution is 0.164. The summed E-state index contributed by atoms with van der Waals surface area (Å²) < 4.78 is 39.6. The van der Waals surface area contributed by atoms with E-state index in [1.54, 1.807) is 25.3 Å². The summed E-state index contributed by atoms with van der Waals surface area (Å²) in [7, 11) is 1.76. The second kappa shape index (κ2) is 7.58. The molecule has 2 aromatic rings. The molecule has 1 aliphatic heterocycles. The van der Waals surface area contributed by atoms with Gasteiger partial charge in [-0.05, 0) is 57.3 Å². The molecule has 8 heteroatoms. The van der Waals surface area contributed by atoms with Gasteiger partial charge in [-0.2, -0.15) is 0 Å². The first-order chi connectivity index (χ1) is 12.7. The highest BCUT2D eigenvalue weighted by atomic mass is 35.5. The summed E-state index contributed by atoms with van der Waals surface area (Å²) in [6.45, 7) is 2.29. The number of benzene rings is 2. The van der Waals surface area contributed by atoms with Crippen LogP contribution in [0.15, 0.2) is 35.2 Å². The highest BCUT2D eigenvalue weighted by Gasteiger charge is 2.28. The van der Waals surface area contributed by atoms with Gasteiger partial charge in [0.2, 0.25) is 0 Å². The summed E-state index contributed by atoms with van der Waals surface area (Å²) >= 11 is 6.09. The zero-order chi connectivity index (χ0) is 19.8. The normalized spacial score (nSPS) is 16.6. The van der Waals surface area contributed by atoms with Crippen molar-refractivity contribution in [3.63, 3.8) is 0 Å². The lowest BCUT2D eigenvalue weighted by Crippen LogP contribution is -2.38. The van der Waals surface area contributed by atoms with Gasteiger partial charge in [-0.15, -0.1) is 0 Å². The predicted molar refractivity (Wildman–Crippen MR) is 107 cm³/mol. The van der Waals surface area contributed by atoms with Gasteiger partial charge in [-0.25, -0.2) is 8.42 Å². The van der Waals surface area contributed by atoms with E-state index in [0.29, 0.717) is 35.2 Å². The Labute approximate surface area is 165 Å². The zero-order valence-electron chi connectivity index (χ0n) is 15.7. The summed E-state index contributed by atoms with van der Waals surface area (Å²) in [5.74, 6) is 1.19. The number of aryl methyl sites for hydroxylation is 1. The molecule has 0 saturated heterocycles. The molecule has 1 heterocycles. The third-order valence-corrected chi connectivity index (χ3v) is 6.50. The zero-order valence-corrected chi connectivity index (χ0v) is 17.3. The highest BCUT2D eigenvalue weighted by Crippen LogP contribution is 2.40. The van der Waals surface area contributed by atoms with Gasteiger partial charge in [0, 0.05) is 16.6 Å². The lowest BCUT2D eigenvalue weighted by Gasteiger charge is -2.32. The molecule has 0 amide bonds. The van der Waals surface area contributed by atoms with Gasteiger partial charge < -0.3 is 14.4 Å². The van der Waals surface area contributed by atoms with E-state index in [0.717, 1.165) is 11.1 Å². The molecule has 1 N–H and O–H groups in total. The molecule has 0 unspecified atom stereocenters. The van der Waals surface area contributed by atoms with Crippen molar-refractivity contribution in [1.82, 2.24) is 4.90 Å². The van der Waals surface area contributed by atoms with Crippen LogP contribution in [-0.4, -0.2) is 47.2 Å². The molecular formula is C19H23ClN2O4S. The van der Waals surface area contributed by atoms with E-state index in [2.05, 4.69) is 9.62 Å². The number of ether oxygens (including phenoxy) is 2. The lowest BCUT2D eigenvalue weighted by atomic mass is 10.00. The van der Waals surface area contributed by atoms with Gasteiger partial charge in [-0.1, -0.05) is 17.7 Å². The summed E-state index contributed by atoms with van der Waals surface area (Å²) in [6.07, 6.45) is 0.706. The smallest absolute Gasteiger partial charge is 0.262 e. The maximum atomic E-state index is 12.8. The van der Waals surface area contributed by atoms with Gasteiger partial charge in [0.05, 0.1) is 17.7 Å². The molecule has 0 bridgehead atoms. The van der Waals surface area contributed by atoms with Crippen LogP contribution >= 0.6 is 11.6 Å². The molecule has 0 saturated carbocycles. The average Bonchev–Trinajstić information content (AvgIpc) is 2.63. The molecule has 0 aromatic heterocycles. The number of halogens is 1. The van der Waals surface area contributed by atoms with Crippen molar-refractivity contribution in [3.05, 3.63) is 46.5 Å². The maximum absolute atomic E-state index is 12.8. The molecule has 2 aromatic carbocycles. The Morgan fingerprint density at radius 1 is 1.26 bits per heavy atom. The Morgan fingerprint density at radius 2 is 2.00 bits per heavy atom. The second-order valence-electron chi connectivity index (χ2n) is 6.77. The maximum Gasteiger partial charge on any atom is 0.262 e. The van der Waals surface area contributed by atoms with Crippen LogP contribution in [0.5, 0.6) is 11.5 Å². The number of fused-ring (bicyclic) bond motifs is 1. The molecule has 0 radical (unpaired) electrons. The molecular weight excluding hydrogens is 388 g/mol. The topological polar surface area (TPSA) is 67.9 Å². The molecule has 0 aliphatic carbocycles. The van der Waals surface area contributed by atoms with Crippen LogP contribution < -0.4 is 14.2 Å². The molecule has 146 valence electrons. The third-order valence-electron chi connectivity index (χ3n) is 4.73. The fraction of sp³-hybridized carbons (Fsp3) is 0.368. The molecule has 6 nitrogen and oxygen atoms in total. The van der Waals surface area contributed by atoms with Gasteiger partial charge in [0.25, 0.3) is 10.0 Å². The van der Waals surface area contributed by atoms with Crippen molar-refractivity contribution in [3.8, 4) is 11.5 Å². The third kappa shape index (κ3) is 4.00. The standard InChI is InChI=1S/C19H23ClN2O4S/c1-12-5-6-14(10-16(12)20)27(23,24)21-17-7-8-18(25-4)15-9-13(22(2)3)11-26-19(15)17/h5-8,10,13,21H,9,11H2,1-4H3/t13-/m1/s1. The monoisotopic (exact) mass is 410 g/mol. The van der Waals surface area contributed by atoms with Crippen LogP contribution in [0.1, 0.15) is 11.1 Å². The number of nitrogens with one attached hydrogen (secondary N) is 1. The molecule has 1 atom stereocenters. The summed E-state index contributed by atoms with van der Waals surface area (Å²) in [5, 5.41) is 0.403. The van der Waals surface area contributed by atoms with Crippen LogP contribution in [-0.2, 0) is 16.4 Å². The summed E-state index contributed by atoms with van der Waals surface area (Å²) in [4.78, 5) is 2.18. The highest BCUT2D eigenvalue weighted by molar-refractivity contribution is 7.92.